The number of sulfone groups is 1. The number of nitrogens with zero attached hydrogens (tertiary/aromatic N) is 7. The van der Waals surface area contributed by atoms with Crippen LogP contribution < -0.4 is 14.2 Å². The molecule has 5 rings (SSSR count). The van der Waals surface area contributed by atoms with Gasteiger partial charge in [0.25, 0.3) is 0 Å². The quantitative estimate of drug-likeness (QED) is 0.237. The molecule has 12 nitrogen and oxygen atoms in total. The number of hydrogen-bond acceptors (Lipinski definition) is 11. The van der Waals surface area contributed by atoms with Crippen molar-refractivity contribution < 1.29 is 22.6 Å². The first-order valence-electron chi connectivity index (χ1n) is 12.1. The van der Waals surface area contributed by atoms with Gasteiger partial charge in [0.15, 0.2) is 32.1 Å². The summed E-state index contributed by atoms with van der Waals surface area (Å²) in [6, 6.07) is 12.2. The normalized spacial score (nSPS) is 11.5. The Bertz CT molecular complexity index is 1760. The molecule has 0 radical (unpaired) electrons. The number of halogens is 1. The van der Waals surface area contributed by atoms with Crippen molar-refractivity contribution >= 4 is 32.7 Å². The molecule has 0 aliphatic rings. The fourth-order valence-electron chi connectivity index (χ4n) is 4.06. The lowest BCUT2D eigenvalue weighted by molar-refractivity contribution is 0.327. The molecule has 40 heavy (non-hydrogen) atoms. The molecule has 0 unspecified atom stereocenters. The fraction of sp³-hybridized carbons (Fsp3) is 0.231. The minimum Gasteiger partial charge on any atom is -0.494 e. The lowest BCUT2D eigenvalue weighted by atomic mass is 10.2. The van der Waals surface area contributed by atoms with Gasteiger partial charge in [0.05, 0.1) is 32.3 Å². The molecule has 0 fully saturated rings. The van der Waals surface area contributed by atoms with Crippen LogP contribution in [0.3, 0.4) is 0 Å². The molecule has 1 aromatic carbocycles. The first-order valence-corrected chi connectivity index (χ1v) is 14.3. The average Bonchev–Trinajstić information content (AvgIpc) is 3.30. The van der Waals surface area contributed by atoms with E-state index in [-0.39, 0.29) is 33.7 Å². The molecule has 0 bridgehead atoms. The zero-order valence-corrected chi connectivity index (χ0v) is 23.3. The monoisotopic (exact) mass is 581 g/mol. The Morgan fingerprint density at radius 1 is 0.875 bits per heavy atom. The molecule has 5 aromatic rings. The molecule has 206 valence electrons. The maximum atomic E-state index is 13.0. The van der Waals surface area contributed by atoms with Crippen LogP contribution in [0.15, 0.2) is 54.9 Å². The van der Waals surface area contributed by atoms with Crippen LogP contribution in [0.5, 0.6) is 17.4 Å². The second kappa shape index (κ2) is 11.4. The summed E-state index contributed by atoms with van der Waals surface area (Å²) in [6.07, 6.45) is 2.96. The highest BCUT2D eigenvalue weighted by molar-refractivity contribution is 7.89. The lowest BCUT2D eigenvalue weighted by Crippen LogP contribution is -2.12. The summed E-state index contributed by atoms with van der Waals surface area (Å²) in [4.78, 5) is 26.3. The van der Waals surface area contributed by atoms with E-state index in [1.54, 1.807) is 47.0 Å². The number of imidazole rings is 1. The van der Waals surface area contributed by atoms with Gasteiger partial charge < -0.3 is 14.2 Å². The molecule has 0 saturated heterocycles. The van der Waals surface area contributed by atoms with Crippen LogP contribution in [0.1, 0.15) is 18.4 Å². The van der Waals surface area contributed by atoms with E-state index in [1.807, 2.05) is 6.92 Å². The molecule has 4 heterocycles. The van der Waals surface area contributed by atoms with Crippen LogP contribution in [0.4, 0.5) is 0 Å². The highest BCUT2D eigenvalue weighted by atomic mass is 35.5. The first kappa shape index (κ1) is 27.2. The lowest BCUT2D eigenvalue weighted by Gasteiger charge is -2.16. The van der Waals surface area contributed by atoms with Crippen molar-refractivity contribution in [1.29, 1.82) is 0 Å². The first-order chi connectivity index (χ1) is 19.3. The summed E-state index contributed by atoms with van der Waals surface area (Å²) in [5, 5.41) is -0.0933. The van der Waals surface area contributed by atoms with Crippen LogP contribution >= 0.6 is 11.6 Å². The van der Waals surface area contributed by atoms with Gasteiger partial charge in [-0.15, -0.1) is 0 Å². The number of aromatic nitrogens is 7. The number of ether oxygens (including phenoxy) is 3. The van der Waals surface area contributed by atoms with Crippen LogP contribution in [-0.2, 0) is 21.3 Å². The zero-order valence-electron chi connectivity index (χ0n) is 21.8. The van der Waals surface area contributed by atoms with Gasteiger partial charge in [0.2, 0.25) is 5.88 Å². The molecule has 0 spiro atoms. The third kappa shape index (κ3) is 5.51. The number of para-hydroxylation sites is 1. The molecule has 0 saturated carbocycles. The summed E-state index contributed by atoms with van der Waals surface area (Å²) in [5.74, 6) is 0.935. The second-order valence-corrected chi connectivity index (χ2v) is 10.8. The topological polar surface area (TPSA) is 144 Å². The van der Waals surface area contributed by atoms with Crippen LogP contribution in [0, 0.1) is 0 Å². The van der Waals surface area contributed by atoms with E-state index in [0.717, 1.165) is 0 Å². The Morgan fingerprint density at radius 2 is 1.57 bits per heavy atom. The second-order valence-electron chi connectivity index (χ2n) is 8.38. The van der Waals surface area contributed by atoms with E-state index in [4.69, 9.17) is 25.8 Å². The van der Waals surface area contributed by atoms with Crippen molar-refractivity contribution in [2.45, 2.75) is 18.4 Å². The molecule has 14 heteroatoms. The number of benzene rings is 1. The summed E-state index contributed by atoms with van der Waals surface area (Å²) in [6.45, 7) is 2.29. The van der Waals surface area contributed by atoms with Crippen molar-refractivity contribution in [3.63, 3.8) is 0 Å². The minimum atomic E-state index is -3.76. The largest absolute Gasteiger partial charge is 0.494 e. The summed E-state index contributed by atoms with van der Waals surface area (Å²) < 4.78 is 44.7. The smallest absolute Gasteiger partial charge is 0.213 e. The molecule has 0 aliphatic carbocycles. The van der Waals surface area contributed by atoms with Crippen LogP contribution in [0.2, 0.25) is 5.15 Å². The van der Waals surface area contributed by atoms with Gasteiger partial charge in [-0.05, 0) is 31.2 Å². The van der Waals surface area contributed by atoms with Gasteiger partial charge in [-0.2, -0.15) is 0 Å². The van der Waals surface area contributed by atoms with Gasteiger partial charge in [-0.1, -0.05) is 23.7 Å². The Balaban J connectivity index is 1.72. The van der Waals surface area contributed by atoms with Gasteiger partial charge in [0, 0.05) is 18.5 Å². The maximum Gasteiger partial charge on any atom is 0.213 e. The number of rotatable bonds is 10. The standard InChI is InChI=1S/C26H24ClN7O5S/c1-4-39-21-11-5-8-16(30-21)25-33-24-26(34(25)22-18(37-2)9-6-10-19(22)38-3)31-17(23(27)32-24)14-40(35,36)15-20-28-12-7-13-29-20/h5-13H,4,14-15H2,1-3H3. The SMILES string of the molecule is CCOc1cccc(-c2nc3nc(Cl)c(CS(=O)(=O)Cc4ncccn4)nc3n2-c2c(OC)cccc2OC)n1. The van der Waals surface area contributed by atoms with E-state index in [1.165, 1.54) is 26.6 Å². The highest BCUT2D eigenvalue weighted by Crippen LogP contribution is 2.38. The predicted molar refractivity (Wildman–Crippen MR) is 148 cm³/mol. The Morgan fingerprint density at radius 3 is 2.25 bits per heavy atom. The summed E-state index contributed by atoms with van der Waals surface area (Å²) in [5.41, 5.74) is 1.36. The molecule has 0 aliphatic heterocycles. The van der Waals surface area contributed by atoms with E-state index in [9.17, 15) is 8.42 Å². The number of methoxy groups -OCH3 is 2. The maximum absolute atomic E-state index is 13.0. The molecular formula is C26H24ClN7O5S. The third-order valence-corrected chi connectivity index (χ3v) is 7.43. The van der Waals surface area contributed by atoms with Crippen LogP contribution in [0.25, 0.3) is 28.5 Å². The molecular weight excluding hydrogens is 558 g/mol. The number of fused-ring (bicyclic) bond motifs is 1. The molecule has 0 N–H and O–H groups in total. The van der Waals surface area contributed by atoms with Gasteiger partial charge >= 0.3 is 0 Å². The average molecular weight is 582 g/mol. The molecule has 4 aromatic heterocycles. The third-order valence-electron chi connectivity index (χ3n) is 5.71. The predicted octanol–water partition coefficient (Wildman–Crippen LogP) is 3.85. The summed E-state index contributed by atoms with van der Waals surface area (Å²) >= 11 is 6.45. The molecule has 0 amide bonds. The van der Waals surface area contributed by atoms with Crippen molar-refractivity contribution in [1.82, 2.24) is 34.5 Å². The van der Waals surface area contributed by atoms with E-state index in [2.05, 4.69) is 29.9 Å². The van der Waals surface area contributed by atoms with Crippen molar-refractivity contribution in [2.24, 2.45) is 0 Å². The number of hydrogen-bond donors (Lipinski definition) is 0. The van der Waals surface area contributed by atoms with Crippen molar-refractivity contribution in [2.75, 3.05) is 20.8 Å². The fourth-order valence-corrected chi connectivity index (χ4v) is 5.59. The van der Waals surface area contributed by atoms with Gasteiger partial charge in [-0.3, -0.25) is 4.57 Å². The van der Waals surface area contributed by atoms with Gasteiger partial charge in [-0.25, -0.2) is 38.3 Å². The van der Waals surface area contributed by atoms with Gasteiger partial charge in [0.1, 0.15) is 34.5 Å². The van der Waals surface area contributed by atoms with E-state index >= 15 is 0 Å². The van der Waals surface area contributed by atoms with Crippen molar-refractivity contribution in [3.8, 4) is 34.6 Å². The number of pyridine rings is 1. The Labute approximate surface area is 234 Å². The van der Waals surface area contributed by atoms with E-state index < -0.39 is 15.6 Å². The van der Waals surface area contributed by atoms with Crippen molar-refractivity contribution in [3.05, 3.63) is 71.5 Å². The Kier molecular flexibility index (Phi) is 7.76. The Hall–Kier alpha value is -4.36. The highest BCUT2D eigenvalue weighted by Gasteiger charge is 2.26. The zero-order chi connectivity index (χ0) is 28.3. The minimum absolute atomic E-state index is 0.0442. The van der Waals surface area contributed by atoms with Crippen LogP contribution in [-0.4, -0.2) is 63.7 Å². The molecule has 0 atom stereocenters. The van der Waals surface area contributed by atoms with E-state index in [0.29, 0.717) is 41.2 Å². The summed E-state index contributed by atoms with van der Waals surface area (Å²) in [7, 11) is -0.709.